The summed E-state index contributed by atoms with van der Waals surface area (Å²) in [5.41, 5.74) is 1.93. The number of nitrogens with one attached hydrogen (secondary N) is 1. The first kappa shape index (κ1) is 15.8. The lowest BCUT2D eigenvalue weighted by Gasteiger charge is -2.43. The van der Waals surface area contributed by atoms with Crippen molar-refractivity contribution in [3.8, 4) is 0 Å². The number of carbonyl (C=O) groups is 1. The third-order valence-corrected chi connectivity index (χ3v) is 5.06. The van der Waals surface area contributed by atoms with Crippen molar-refractivity contribution in [2.24, 2.45) is 5.16 Å². The first-order valence-corrected chi connectivity index (χ1v) is 8.52. The van der Waals surface area contributed by atoms with Crippen molar-refractivity contribution in [1.29, 1.82) is 0 Å². The maximum Gasteiger partial charge on any atom is 0.269 e. The Morgan fingerprint density at radius 2 is 1.84 bits per heavy atom. The topological polar surface area (TPSA) is 50.7 Å². The predicted octanol–water partition coefficient (Wildman–Crippen LogP) is 3.84. The molecule has 0 radical (unpaired) electrons. The molecule has 0 aromatic heterocycles. The van der Waals surface area contributed by atoms with E-state index in [-0.39, 0.29) is 17.8 Å². The lowest BCUT2D eigenvalue weighted by atomic mass is 9.71. The summed E-state index contributed by atoms with van der Waals surface area (Å²) in [7, 11) is 0. The van der Waals surface area contributed by atoms with Crippen LogP contribution in [0.1, 0.15) is 42.9 Å². The summed E-state index contributed by atoms with van der Waals surface area (Å²) in [6, 6.07) is 16.1. The lowest BCUT2D eigenvalue weighted by molar-refractivity contribution is -0.118. The Bertz CT molecular complexity index is 798. The van der Waals surface area contributed by atoms with Gasteiger partial charge in [0.25, 0.3) is 5.91 Å². The Kier molecular flexibility index (Phi) is 3.99. The van der Waals surface area contributed by atoms with Crippen molar-refractivity contribution >= 4 is 11.6 Å². The van der Waals surface area contributed by atoms with Crippen LogP contribution in [0.15, 0.2) is 59.8 Å². The average Bonchev–Trinajstić information content (AvgIpc) is 3.10. The van der Waals surface area contributed by atoms with Crippen LogP contribution in [0, 0.1) is 5.82 Å². The van der Waals surface area contributed by atoms with E-state index in [0.717, 1.165) is 30.4 Å². The molecule has 2 aliphatic rings. The van der Waals surface area contributed by atoms with Gasteiger partial charge in [-0.25, -0.2) is 4.39 Å². The van der Waals surface area contributed by atoms with E-state index in [1.807, 2.05) is 30.3 Å². The van der Waals surface area contributed by atoms with Crippen LogP contribution in [0.5, 0.6) is 0 Å². The average molecular weight is 338 g/mol. The zero-order valence-electron chi connectivity index (χ0n) is 13.7. The summed E-state index contributed by atoms with van der Waals surface area (Å²) in [6.07, 6.45) is 2.97. The molecule has 1 fully saturated rings. The molecule has 1 saturated carbocycles. The van der Waals surface area contributed by atoms with Gasteiger partial charge in [0, 0.05) is 6.42 Å². The second kappa shape index (κ2) is 6.31. The summed E-state index contributed by atoms with van der Waals surface area (Å²) >= 11 is 0. The van der Waals surface area contributed by atoms with Gasteiger partial charge in [0.05, 0.1) is 5.54 Å². The van der Waals surface area contributed by atoms with Gasteiger partial charge in [-0.3, -0.25) is 4.79 Å². The van der Waals surface area contributed by atoms with Crippen molar-refractivity contribution in [3.63, 3.8) is 0 Å². The SMILES string of the molecule is O=C(NC1(c2ccc(F)cc2)CCC1)C1=NO[C@H](c2ccccc2)C1. The van der Waals surface area contributed by atoms with E-state index in [1.54, 1.807) is 12.1 Å². The van der Waals surface area contributed by atoms with Crippen LogP contribution < -0.4 is 5.32 Å². The molecule has 0 bridgehead atoms. The third-order valence-electron chi connectivity index (χ3n) is 5.06. The number of benzene rings is 2. The number of rotatable bonds is 4. The number of hydrogen-bond donors (Lipinski definition) is 1. The van der Waals surface area contributed by atoms with Gasteiger partial charge in [-0.05, 0) is 42.5 Å². The zero-order valence-corrected chi connectivity index (χ0v) is 13.7. The highest BCUT2D eigenvalue weighted by Crippen LogP contribution is 2.41. The Balaban J connectivity index is 1.46. The van der Waals surface area contributed by atoms with Gasteiger partial charge in [-0.15, -0.1) is 0 Å². The highest BCUT2D eigenvalue weighted by atomic mass is 19.1. The Labute approximate surface area is 145 Å². The minimum absolute atomic E-state index is 0.206. The molecule has 5 heteroatoms. The monoisotopic (exact) mass is 338 g/mol. The van der Waals surface area contributed by atoms with Crippen molar-refractivity contribution in [1.82, 2.24) is 5.32 Å². The predicted molar refractivity (Wildman–Crippen MR) is 92.4 cm³/mol. The molecule has 1 heterocycles. The molecular formula is C20H19FN2O2. The van der Waals surface area contributed by atoms with Crippen molar-refractivity contribution in [2.75, 3.05) is 0 Å². The van der Waals surface area contributed by atoms with Crippen LogP contribution in [0.2, 0.25) is 0 Å². The summed E-state index contributed by atoms with van der Waals surface area (Å²) in [4.78, 5) is 18.1. The van der Waals surface area contributed by atoms with Gasteiger partial charge < -0.3 is 10.2 Å². The Hall–Kier alpha value is -2.69. The highest BCUT2D eigenvalue weighted by molar-refractivity contribution is 6.39. The van der Waals surface area contributed by atoms with E-state index >= 15 is 0 Å². The van der Waals surface area contributed by atoms with E-state index in [9.17, 15) is 9.18 Å². The first-order chi connectivity index (χ1) is 12.2. The van der Waals surface area contributed by atoms with Crippen molar-refractivity contribution in [2.45, 2.75) is 37.3 Å². The molecule has 1 N–H and O–H groups in total. The van der Waals surface area contributed by atoms with Crippen LogP contribution in [-0.4, -0.2) is 11.6 Å². The highest BCUT2D eigenvalue weighted by Gasteiger charge is 2.41. The molecule has 1 aliphatic heterocycles. The van der Waals surface area contributed by atoms with Gasteiger partial charge in [-0.2, -0.15) is 0 Å². The smallest absolute Gasteiger partial charge is 0.269 e. The Morgan fingerprint density at radius 3 is 2.48 bits per heavy atom. The molecule has 1 amide bonds. The van der Waals surface area contributed by atoms with Crippen LogP contribution in [0.3, 0.4) is 0 Å². The fraction of sp³-hybridized carbons (Fsp3) is 0.300. The second-order valence-corrected chi connectivity index (χ2v) is 6.64. The number of halogens is 1. The zero-order chi connectivity index (χ0) is 17.3. The van der Waals surface area contributed by atoms with E-state index in [4.69, 9.17) is 4.84 Å². The molecule has 128 valence electrons. The molecule has 0 spiro atoms. The fourth-order valence-electron chi connectivity index (χ4n) is 3.43. The molecule has 4 nitrogen and oxygen atoms in total. The molecule has 2 aromatic rings. The molecule has 0 saturated heterocycles. The quantitative estimate of drug-likeness (QED) is 0.921. The van der Waals surface area contributed by atoms with Crippen LogP contribution in [0.4, 0.5) is 4.39 Å². The Morgan fingerprint density at radius 1 is 1.12 bits per heavy atom. The number of carbonyl (C=O) groups excluding carboxylic acids is 1. The molecule has 1 aliphatic carbocycles. The van der Waals surface area contributed by atoms with Gasteiger partial charge in [0.2, 0.25) is 0 Å². The normalized spacial score (nSPS) is 21.0. The molecule has 25 heavy (non-hydrogen) atoms. The van der Waals surface area contributed by atoms with E-state index in [0.29, 0.717) is 12.1 Å². The van der Waals surface area contributed by atoms with Crippen LogP contribution in [0.25, 0.3) is 0 Å². The van der Waals surface area contributed by atoms with Gasteiger partial charge in [0.1, 0.15) is 11.5 Å². The van der Waals surface area contributed by atoms with Crippen LogP contribution in [-0.2, 0) is 15.2 Å². The largest absolute Gasteiger partial charge is 0.387 e. The molecule has 4 rings (SSSR count). The minimum Gasteiger partial charge on any atom is -0.387 e. The number of nitrogens with zero attached hydrogens (tertiary/aromatic N) is 1. The first-order valence-electron chi connectivity index (χ1n) is 8.52. The van der Waals surface area contributed by atoms with Crippen molar-refractivity contribution in [3.05, 3.63) is 71.5 Å². The lowest BCUT2D eigenvalue weighted by Crippen LogP contribution is -2.52. The molecule has 1 atom stereocenters. The maximum atomic E-state index is 13.2. The van der Waals surface area contributed by atoms with Crippen molar-refractivity contribution < 1.29 is 14.0 Å². The summed E-state index contributed by atoms with van der Waals surface area (Å²) in [6.45, 7) is 0. The minimum atomic E-state index is -0.419. The summed E-state index contributed by atoms with van der Waals surface area (Å²) in [5.74, 6) is -0.480. The maximum absolute atomic E-state index is 13.2. The summed E-state index contributed by atoms with van der Waals surface area (Å²) in [5, 5.41) is 7.10. The molecule has 0 unspecified atom stereocenters. The fourth-order valence-corrected chi connectivity index (χ4v) is 3.43. The van der Waals surface area contributed by atoms with Crippen LogP contribution >= 0.6 is 0 Å². The van der Waals surface area contributed by atoms with E-state index in [1.165, 1.54) is 12.1 Å². The molecular weight excluding hydrogens is 319 g/mol. The van der Waals surface area contributed by atoms with E-state index < -0.39 is 5.54 Å². The number of hydrogen-bond acceptors (Lipinski definition) is 3. The van der Waals surface area contributed by atoms with Gasteiger partial charge in [0.15, 0.2) is 6.10 Å². The van der Waals surface area contributed by atoms with Gasteiger partial charge in [-0.1, -0.05) is 47.6 Å². The standard InChI is InChI=1S/C20H19FN2O2/c21-16-9-7-15(8-10-16)20(11-4-12-20)22-19(24)17-13-18(25-23-17)14-5-2-1-3-6-14/h1-3,5-10,18H,4,11-13H2,(H,22,24)/t18-/m0/s1. The third kappa shape index (κ3) is 3.02. The summed E-state index contributed by atoms with van der Waals surface area (Å²) < 4.78 is 13.2. The van der Waals surface area contributed by atoms with Gasteiger partial charge >= 0.3 is 0 Å². The number of amides is 1. The number of oxime groups is 1. The van der Waals surface area contributed by atoms with E-state index in [2.05, 4.69) is 10.5 Å². The molecule has 2 aromatic carbocycles. The second-order valence-electron chi connectivity index (χ2n) is 6.64.